The van der Waals surface area contributed by atoms with Gasteiger partial charge < -0.3 is 4.90 Å². The van der Waals surface area contributed by atoms with Crippen molar-refractivity contribution in [2.24, 2.45) is 5.92 Å². The van der Waals surface area contributed by atoms with Gasteiger partial charge in [0.15, 0.2) is 0 Å². The van der Waals surface area contributed by atoms with Crippen LogP contribution in [0, 0.1) is 12.8 Å². The van der Waals surface area contributed by atoms with Gasteiger partial charge in [0.05, 0.1) is 5.56 Å². The zero-order valence-electron chi connectivity index (χ0n) is 10.3. The van der Waals surface area contributed by atoms with Crippen molar-refractivity contribution < 1.29 is 18.0 Å². The lowest BCUT2D eigenvalue weighted by atomic mass is 10.1. The van der Waals surface area contributed by atoms with E-state index in [-0.39, 0.29) is 17.4 Å². The molecule has 6 heteroatoms. The maximum absolute atomic E-state index is 12.8. The first kappa shape index (κ1) is 14.4. The summed E-state index contributed by atoms with van der Waals surface area (Å²) in [6.07, 6.45) is -4.02. The van der Waals surface area contributed by atoms with Gasteiger partial charge in [-0.1, -0.05) is 22.0 Å². The summed E-state index contributed by atoms with van der Waals surface area (Å²) in [6, 6.07) is 4.04. The zero-order valence-corrected chi connectivity index (χ0v) is 11.9. The quantitative estimate of drug-likeness (QED) is 0.753. The molecule has 1 aromatic carbocycles. The molecule has 0 radical (unpaired) electrons. The number of carbonyl (C=O) groups is 1. The lowest BCUT2D eigenvalue weighted by Crippen LogP contribution is -2.25. The molecule has 104 valence electrons. The van der Waals surface area contributed by atoms with E-state index in [1.165, 1.54) is 17.9 Å². The van der Waals surface area contributed by atoms with Crippen LogP contribution in [0.1, 0.15) is 17.5 Å². The van der Waals surface area contributed by atoms with Crippen LogP contribution in [0.2, 0.25) is 0 Å². The molecular weight excluding hydrogens is 323 g/mol. The molecule has 2 rings (SSSR count). The molecule has 19 heavy (non-hydrogen) atoms. The maximum Gasteiger partial charge on any atom is 0.416 e. The largest absolute Gasteiger partial charge is 0.416 e. The van der Waals surface area contributed by atoms with Crippen LogP contribution in [0.5, 0.6) is 0 Å². The smallest absolute Gasteiger partial charge is 0.312 e. The monoisotopic (exact) mass is 335 g/mol. The molecule has 0 aliphatic carbocycles. The second kappa shape index (κ2) is 5.15. The van der Waals surface area contributed by atoms with Crippen molar-refractivity contribution in [3.8, 4) is 0 Å². The molecule has 1 aliphatic heterocycles. The lowest BCUT2D eigenvalue weighted by molar-refractivity contribution is -0.138. The summed E-state index contributed by atoms with van der Waals surface area (Å²) >= 11 is 3.30. The SMILES string of the molecule is Cc1ccc(N2CC(CBr)CC2=O)cc1C(F)(F)F. The molecule has 0 N–H and O–H groups in total. The topological polar surface area (TPSA) is 20.3 Å². The van der Waals surface area contributed by atoms with Crippen LogP contribution in [0.25, 0.3) is 0 Å². The molecule has 0 aromatic heterocycles. The van der Waals surface area contributed by atoms with Crippen LogP contribution >= 0.6 is 15.9 Å². The number of halogens is 4. The fraction of sp³-hybridized carbons (Fsp3) is 0.462. The van der Waals surface area contributed by atoms with Crippen molar-refractivity contribution in [2.75, 3.05) is 16.8 Å². The third-order valence-corrected chi connectivity index (χ3v) is 4.18. The highest BCUT2D eigenvalue weighted by Crippen LogP contribution is 2.35. The molecule has 1 fully saturated rings. The van der Waals surface area contributed by atoms with Gasteiger partial charge in [-0.2, -0.15) is 13.2 Å². The fourth-order valence-electron chi connectivity index (χ4n) is 2.22. The normalized spacial score (nSPS) is 20.2. The third-order valence-electron chi connectivity index (χ3n) is 3.26. The number of benzene rings is 1. The van der Waals surface area contributed by atoms with Gasteiger partial charge in [-0.05, 0) is 30.5 Å². The van der Waals surface area contributed by atoms with Crippen molar-refractivity contribution in [3.63, 3.8) is 0 Å². The number of carbonyl (C=O) groups excluding carboxylic acids is 1. The first-order valence-electron chi connectivity index (χ1n) is 5.87. The highest BCUT2D eigenvalue weighted by Gasteiger charge is 2.35. The Bertz CT molecular complexity index is 501. The van der Waals surface area contributed by atoms with Crippen molar-refractivity contribution in [1.82, 2.24) is 0 Å². The number of hydrogen-bond acceptors (Lipinski definition) is 1. The molecule has 0 saturated carbocycles. The molecule has 1 saturated heterocycles. The Balaban J connectivity index is 2.34. The predicted molar refractivity (Wildman–Crippen MR) is 70.4 cm³/mol. The predicted octanol–water partition coefficient (Wildman–Crippen LogP) is 3.76. The lowest BCUT2D eigenvalue weighted by Gasteiger charge is -2.19. The van der Waals surface area contributed by atoms with Gasteiger partial charge in [-0.15, -0.1) is 0 Å². The molecule has 1 unspecified atom stereocenters. The average molecular weight is 336 g/mol. The van der Waals surface area contributed by atoms with Gasteiger partial charge in [0.1, 0.15) is 0 Å². The number of alkyl halides is 4. The van der Waals surface area contributed by atoms with E-state index in [0.717, 1.165) is 6.07 Å². The van der Waals surface area contributed by atoms with E-state index in [2.05, 4.69) is 15.9 Å². The second-order valence-corrected chi connectivity index (χ2v) is 5.37. The summed E-state index contributed by atoms with van der Waals surface area (Å²) in [7, 11) is 0. The van der Waals surface area contributed by atoms with E-state index >= 15 is 0 Å². The van der Waals surface area contributed by atoms with E-state index < -0.39 is 11.7 Å². The number of amides is 1. The van der Waals surface area contributed by atoms with Crippen LogP contribution in [0.15, 0.2) is 18.2 Å². The van der Waals surface area contributed by atoms with Crippen LogP contribution in [0.4, 0.5) is 18.9 Å². The van der Waals surface area contributed by atoms with Crippen molar-refractivity contribution >= 4 is 27.5 Å². The van der Waals surface area contributed by atoms with E-state index in [9.17, 15) is 18.0 Å². The van der Waals surface area contributed by atoms with Gasteiger partial charge in [0, 0.05) is 24.0 Å². The Kier molecular flexibility index (Phi) is 3.90. The fourth-order valence-corrected chi connectivity index (χ4v) is 2.65. The highest BCUT2D eigenvalue weighted by molar-refractivity contribution is 9.09. The molecule has 1 aliphatic rings. The number of nitrogens with zero attached hydrogens (tertiary/aromatic N) is 1. The minimum Gasteiger partial charge on any atom is -0.312 e. The second-order valence-electron chi connectivity index (χ2n) is 4.73. The summed E-state index contributed by atoms with van der Waals surface area (Å²) in [5.74, 6) is 0.0320. The summed E-state index contributed by atoms with van der Waals surface area (Å²) in [6.45, 7) is 1.88. The van der Waals surface area contributed by atoms with Crippen molar-refractivity contribution in [2.45, 2.75) is 19.5 Å². The molecule has 1 amide bonds. The Hall–Kier alpha value is -1.04. The van der Waals surface area contributed by atoms with Crippen molar-refractivity contribution in [1.29, 1.82) is 0 Å². The summed E-state index contributed by atoms with van der Waals surface area (Å²) in [5.41, 5.74) is -0.189. The molecule has 1 aromatic rings. The minimum absolute atomic E-state index is 0.124. The average Bonchev–Trinajstić information content (AvgIpc) is 2.70. The Morgan fingerprint density at radius 3 is 2.63 bits per heavy atom. The van der Waals surface area contributed by atoms with Crippen LogP contribution in [0.3, 0.4) is 0 Å². The highest BCUT2D eigenvalue weighted by atomic mass is 79.9. The summed E-state index contributed by atoms with van der Waals surface area (Å²) in [5, 5.41) is 0.674. The molecular formula is C13H13BrF3NO. The number of hydrogen-bond donors (Lipinski definition) is 0. The molecule has 0 bridgehead atoms. The number of anilines is 1. The van der Waals surface area contributed by atoms with Gasteiger partial charge in [0.25, 0.3) is 0 Å². The minimum atomic E-state index is -4.39. The van der Waals surface area contributed by atoms with E-state index in [1.807, 2.05) is 0 Å². The van der Waals surface area contributed by atoms with E-state index in [4.69, 9.17) is 0 Å². The van der Waals surface area contributed by atoms with E-state index in [1.54, 1.807) is 6.07 Å². The standard InChI is InChI=1S/C13H13BrF3NO/c1-8-2-3-10(5-11(8)13(15,16)17)18-7-9(6-14)4-12(18)19/h2-3,5,9H,4,6-7H2,1H3. The third kappa shape index (κ3) is 2.94. The molecule has 1 atom stereocenters. The molecule has 1 heterocycles. The Labute approximate surface area is 117 Å². The van der Waals surface area contributed by atoms with Gasteiger partial charge in [0.2, 0.25) is 5.91 Å². The first-order valence-corrected chi connectivity index (χ1v) is 6.99. The maximum atomic E-state index is 12.8. The Morgan fingerprint density at radius 2 is 2.11 bits per heavy atom. The van der Waals surface area contributed by atoms with Crippen LogP contribution in [-0.4, -0.2) is 17.8 Å². The number of aryl methyl sites for hydroxylation is 1. The summed E-state index contributed by atoms with van der Waals surface area (Å²) < 4.78 is 38.5. The zero-order chi connectivity index (χ0) is 14.2. The van der Waals surface area contributed by atoms with Crippen LogP contribution in [-0.2, 0) is 11.0 Å². The molecule has 0 spiro atoms. The first-order chi connectivity index (χ1) is 8.82. The van der Waals surface area contributed by atoms with Crippen LogP contribution < -0.4 is 4.90 Å². The van der Waals surface area contributed by atoms with Crippen molar-refractivity contribution in [3.05, 3.63) is 29.3 Å². The van der Waals surface area contributed by atoms with E-state index in [0.29, 0.717) is 24.0 Å². The van der Waals surface area contributed by atoms with Gasteiger partial charge in [-0.25, -0.2) is 0 Å². The Morgan fingerprint density at radius 1 is 1.42 bits per heavy atom. The number of rotatable bonds is 2. The van der Waals surface area contributed by atoms with Gasteiger partial charge in [-0.3, -0.25) is 4.79 Å². The summed E-state index contributed by atoms with van der Waals surface area (Å²) in [4.78, 5) is 13.2. The van der Waals surface area contributed by atoms with Gasteiger partial charge >= 0.3 is 6.18 Å². The molecule has 2 nitrogen and oxygen atoms in total.